The molecule has 0 bridgehead atoms. The third kappa shape index (κ3) is 7.33. The summed E-state index contributed by atoms with van der Waals surface area (Å²) in [4.78, 5) is 22.4. The second-order valence-electron chi connectivity index (χ2n) is 5.81. The lowest BCUT2D eigenvalue weighted by Crippen LogP contribution is -2.38. The van der Waals surface area contributed by atoms with E-state index in [0.717, 1.165) is 17.1 Å². The van der Waals surface area contributed by atoms with E-state index in [1.54, 1.807) is 0 Å². The van der Waals surface area contributed by atoms with Crippen molar-refractivity contribution in [1.82, 2.24) is 5.32 Å². The van der Waals surface area contributed by atoms with Crippen molar-refractivity contribution >= 4 is 18.0 Å². The summed E-state index contributed by atoms with van der Waals surface area (Å²) in [6.45, 7) is 0.406. The second kappa shape index (κ2) is 10.8. The topological polar surface area (TPSA) is 84.9 Å². The van der Waals surface area contributed by atoms with E-state index in [0.29, 0.717) is 6.54 Å². The summed E-state index contributed by atoms with van der Waals surface area (Å²) in [7, 11) is 1.28. The number of carboxylic acids is 1. The Bertz CT molecular complexity index is 773. The van der Waals surface area contributed by atoms with Crippen LogP contribution in [0.3, 0.4) is 0 Å². The Morgan fingerprint density at radius 1 is 1.11 bits per heavy atom. The van der Waals surface area contributed by atoms with Crippen molar-refractivity contribution < 1.29 is 24.2 Å². The van der Waals surface area contributed by atoms with Gasteiger partial charge in [-0.25, -0.2) is 0 Å². The number of esters is 1. The molecule has 0 spiro atoms. The summed E-state index contributed by atoms with van der Waals surface area (Å²) in [6, 6.07) is 16.5. The number of benzene rings is 2. The molecule has 0 aliphatic carbocycles. The summed E-state index contributed by atoms with van der Waals surface area (Å²) >= 11 is 0. The van der Waals surface area contributed by atoms with Crippen LogP contribution in [0.25, 0.3) is 6.08 Å². The average Bonchev–Trinajstić information content (AvgIpc) is 2.67. The molecule has 0 amide bonds. The first-order chi connectivity index (χ1) is 13.1. The van der Waals surface area contributed by atoms with Crippen molar-refractivity contribution in [2.45, 2.75) is 18.9 Å². The number of carbonyl (C=O) groups is 2. The number of aliphatic carboxylic acids is 1. The fraction of sp³-hybridized carbons (Fsp3) is 0.238. The Morgan fingerprint density at radius 2 is 1.85 bits per heavy atom. The van der Waals surface area contributed by atoms with Gasteiger partial charge in [0.25, 0.3) is 0 Å². The van der Waals surface area contributed by atoms with Crippen LogP contribution in [0.1, 0.15) is 18.4 Å². The van der Waals surface area contributed by atoms with Crippen molar-refractivity contribution in [2.75, 3.05) is 13.7 Å². The normalized spacial score (nSPS) is 11.9. The molecule has 142 valence electrons. The first-order valence-electron chi connectivity index (χ1n) is 8.61. The number of carbonyl (C=O) groups excluding carboxylic acids is 1. The summed E-state index contributed by atoms with van der Waals surface area (Å²) in [6.07, 6.45) is 3.83. The van der Waals surface area contributed by atoms with Crippen molar-refractivity contribution in [3.05, 3.63) is 66.2 Å². The van der Waals surface area contributed by atoms with E-state index >= 15 is 0 Å². The van der Waals surface area contributed by atoms with Gasteiger partial charge < -0.3 is 19.9 Å². The number of carboxylic acid groups (broad SMARTS) is 1. The molecular weight excluding hydrogens is 346 g/mol. The number of hydrogen-bond acceptors (Lipinski definition) is 5. The van der Waals surface area contributed by atoms with Crippen LogP contribution in [0, 0.1) is 0 Å². The fourth-order valence-corrected chi connectivity index (χ4v) is 2.42. The zero-order valence-electron chi connectivity index (χ0n) is 15.1. The van der Waals surface area contributed by atoms with Crippen LogP contribution < -0.4 is 10.1 Å². The highest BCUT2D eigenvalue weighted by Crippen LogP contribution is 2.22. The molecule has 1 atom stereocenters. The molecule has 0 aliphatic heterocycles. The quantitative estimate of drug-likeness (QED) is 0.624. The van der Waals surface area contributed by atoms with Crippen LogP contribution in [0.4, 0.5) is 0 Å². The molecule has 0 unspecified atom stereocenters. The molecule has 0 aliphatic rings. The maximum absolute atomic E-state index is 11.7. The zero-order chi connectivity index (χ0) is 19.5. The van der Waals surface area contributed by atoms with Crippen molar-refractivity contribution in [3.63, 3.8) is 0 Å². The van der Waals surface area contributed by atoms with E-state index in [4.69, 9.17) is 14.6 Å². The van der Waals surface area contributed by atoms with E-state index in [1.807, 2.05) is 66.7 Å². The highest BCUT2D eigenvalue weighted by molar-refractivity contribution is 5.76. The largest absolute Gasteiger partial charge is 0.481 e. The standard InChI is InChI=1S/C21H23NO5/c1-26-21(25)19(12-13-20(23)24)22-14-6-8-16-7-5-11-18(15-16)27-17-9-3-2-4-10-17/h2-11,15,19,22H,12-14H2,1H3,(H,23,24)/t19-/m0/s1. The molecule has 0 heterocycles. The number of para-hydroxylation sites is 1. The molecule has 2 aromatic carbocycles. The number of hydrogen-bond donors (Lipinski definition) is 2. The smallest absolute Gasteiger partial charge is 0.322 e. The Labute approximate surface area is 158 Å². The molecule has 0 fully saturated rings. The molecule has 2 N–H and O–H groups in total. The van der Waals surface area contributed by atoms with Crippen LogP contribution in [-0.2, 0) is 14.3 Å². The van der Waals surface area contributed by atoms with Crippen LogP contribution in [0.15, 0.2) is 60.7 Å². The van der Waals surface area contributed by atoms with Gasteiger partial charge in [-0.2, -0.15) is 0 Å². The second-order valence-corrected chi connectivity index (χ2v) is 5.81. The SMILES string of the molecule is COC(=O)[C@H](CCC(=O)O)NCC=Cc1cccc(Oc2ccccc2)c1. The average molecular weight is 369 g/mol. The zero-order valence-corrected chi connectivity index (χ0v) is 15.1. The fourth-order valence-electron chi connectivity index (χ4n) is 2.42. The minimum Gasteiger partial charge on any atom is -0.481 e. The van der Waals surface area contributed by atoms with Gasteiger partial charge in [-0.05, 0) is 36.2 Å². The summed E-state index contributed by atoms with van der Waals surface area (Å²) in [5.74, 6) is 0.0734. The molecular formula is C21H23NO5. The highest BCUT2D eigenvalue weighted by Gasteiger charge is 2.18. The lowest BCUT2D eigenvalue weighted by Gasteiger charge is -2.14. The van der Waals surface area contributed by atoms with Gasteiger partial charge in [-0.3, -0.25) is 9.59 Å². The monoisotopic (exact) mass is 369 g/mol. The molecule has 6 nitrogen and oxygen atoms in total. The first kappa shape index (κ1) is 20.2. The lowest BCUT2D eigenvalue weighted by atomic mass is 10.1. The first-order valence-corrected chi connectivity index (χ1v) is 8.61. The van der Waals surface area contributed by atoms with Gasteiger partial charge in [0, 0.05) is 13.0 Å². The molecule has 6 heteroatoms. The van der Waals surface area contributed by atoms with Crippen molar-refractivity contribution in [3.8, 4) is 11.5 Å². The Morgan fingerprint density at radius 3 is 2.56 bits per heavy atom. The Balaban J connectivity index is 1.90. The van der Waals surface area contributed by atoms with Gasteiger partial charge in [-0.15, -0.1) is 0 Å². The number of ether oxygens (including phenoxy) is 2. The van der Waals surface area contributed by atoms with Gasteiger partial charge in [0.1, 0.15) is 17.5 Å². The molecule has 27 heavy (non-hydrogen) atoms. The molecule has 2 aromatic rings. The lowest BCUT2D eigenvalue weighted by molar-refractivity contribution is -0.143. The van der Waals surface area contributed by atoms with Crippen LogP contribution in [0.2, 0.25) is 0 Å². The highest BCUT2D eigenvalue weighted by atomic mass is 16.5. The van der Waals surface area contributed by atoms with Gasteiger partial charge in [0.05, 0.1) is 7.11 Å². The van der Waals surface area contributed by atoms with Gasteiger partial charge in [-0.1, -0.05) is 42.5 Å². The van der Waals surface area contributed by atoms with Gasteiger partial charge in [0.15, 0.2) is 0 Å². The van der Waals surface area contributed by atoms with Gasteiger partial charge >= 0.3 is 11.9 Å². The molecule has 0 saturated carbocycles. The summed E-state index contributed by atoms with van der Waals surface area (Å²) in [5, 5.41) is 11.8. The van der Waals surface area contributed by atoms with Crippen LogP contribution >= 0.6 is 0 Å². The summed E-state index contributed by atoms with van der Waals surface area (Å²) < 4.78 is 10.5. The van der Waals surface area contributed by atoms with E-state index in [9.17, 15) is 9.59 Å². The maximum Gasteiger partial charge on any atom is 0.322 e. The minimum atomic E-state index is -0.948. The predicted molar refractivity (Wildman–Crippen MR) is 103 cm³/mol. The number of methoxy groups -OCH3 is 1. The predicted octanol–water partition coefficient (Wildman–Crippen LogP) is 3.49. The van der Waals surface area contributed by atoms with E-state index in [-0.39, 0.29) is 12.8 Å². The van der Waals surface area contributed by atoms with Crippen LogP contribution in [-0.4, -0.2) is 36.7 Å². The van der Waals surface area contributed by atoms with Crippen LogP contribution in [0.5, 0.6) is 11.5 Å². The summed E-state index contributed by atoms with van der Waals surface area (Å²) in [5.41, 5.74) is 0.949. The number of nitrogens with one attached hydrogen (secondary N) is 1. The van der Waals surface area contributed by atoms with Crippen molar-refractivity contribution in [2.24, 2.45) is 0 Å². The minimum absolute atomic E-state index is 0.102. The van der Waals surface area contributed by atoms with E-state index in [2.05, 4.69) is 5.32 Å². The number of rotatable bonds is 10. The van der Waals surface area contributed by atoms with Gasteiger partial charge in [0.2, 0.25) is 0 Å². The van der Waals surface area contributed by atoms with E-state index < -0.39 is 18.0 Å². The molecule has 0 saturated heterocycles. The molecule has 2 rings (SSSR count). The van der Waals surface area contributed by atoms with Crippen molar-refractivity contribution in [1.29, 1.82) is 0 Å². The maximum atomic E-state index is 11.7. The van der Waals surface area contributed by atoms with E-state index in [1.165, 1.54) is 7.11 Å². The third-order valence-corrected chi connectivity index (χ3v) is 3.76. The molecule has 0 radical (unpaired) electrons. The Hall–Kier alpha value is -3.12. The Kier molecular flexibility index (Phi) is 8.06. The third-order valence-electron chi connectivity index (χ3n) is 3.76. The molecule has 0 aromatic heterocycles.